The highest BCUT2D eigenvalue weighted by molar-refractivity contribution is 5.81. The molecule has 1 saturated heterocycles. The van der Waals surface area contributed by atoms with E-state index in [1.54, 1.807) is 5.06 Å². The highest BCUT2D eigenvalue weighted by Crippen LogP contribution is 2.44. The SMILES string of the molecule is CN(C[C@@H]1C[C@H]2c3ccccc3Cc3ccccc3N2O1)C(=O)C(F)(F)F. The van der Waals surface area contributed by atoms with Crippen molar-refractivity contribution in [2.24, 2.45) is 0 Å². The third kappa shape index (κ3) is 3.27. The molecule has 2 heterocycles. The van der Waals surface area contributed by atoms with Gasteiger partial charge in [-0.1, -0.05) is 42.5 Å². The second-order valence-corrected chi connectivity index (χ2v) is 6.99. The zero-order chi connectivity index (χ0) is 19.2. The quantitative estimate of drug-likeness (QED) is 0.798. The Morgan fingerprint density at radius 2 is 1.81 bits per heavy atom. The number of halogens is 3. The number of amides is 1. The zero-order valence-electron chi connectivity index (χ0n) is 14.7. The molecule has 0 radical (unpaired) electrons. The molecule has 27 heavy (non-hydrogen) atoms. The van der Waals surface area contributed by atoms with Crippen LogP contribution in [0.15, 0.2) is 48.5 Å². The second kappa shape index (κ2) is 6.56. The summed E-state index contributed by atoms with van der Waals surface area (Å²) in [6.45, 7) is -0.115. The van der Waals surface area contributed by atoms with Gasteiger partial charge in [0.2, 0.25) is 0 Å². The zero-order valence-corrected chi connectivity index (χ0v) is 14.7. The van der Waals surface area contributed by atoms with E-state index in [1.807, 2.05) is 42.5 Å². The molecule has 4 nitrogen and oxygen atoms in total. The van der Waals surface area contributed by atoms with Crippen LogP contribution in [0.2, 0.25) is 0 Å². The number of carbonyl (C=O) groups is 1. The van der Waals surface area contributed by atoms with Gasteiger partial charge in [-0.2, -0.15) is 13.2 Å². The molecule has 2 aliphatic rings. The van der Waals surface area contributed by atoms with E-state index < -0.39 is 18.2 Å². The van der Waals surface area contributed by atoms with Crippen molar-refractivity contribution < 1.29 is 22.8 Å². The van der Waals surface area contributed by atoms with E-state index in [1.165, 1.54) is 5.56 Å². The summed E-state index contributed by atoms with van der Waals surface area (Å²) in [5.41, 5.74) is 4.32. The van der Waals surface area contributed by atoms with Crippen LogP contribution in [0.4, 0.5) is 18.9 Å². The summed E-state index contributed by atoms with van der Waals surface area (Å²) in [6.07, 6.45) is -4.09. The van der Waals surface area contributed by atoms with E-state index in [0.717, 1.165) is 30.3 Å². The number of alkyl halides is 3. The van der Waals surface area contributed by atoms with Crippen molar-refractivity contribution in [3.05, 3.63) is 65.2 Å². The number of rotatable bonds is 2. The minimum absolute atomic E-state index is 0.0933. The molecule has 7 heteroatoms. The van der Waals surface area contributed by atoms with Crippen molar-refractivity contribution in [3.63, 3.8) is 0 Å². The largest absolute Gasteiger partial charge is 0.471 e. The fraction of sp³-hybridized carbons (Fsp3) is 0.350. The fourth-order valence-corrected chi connectivity index (χ4v) is 3.91. The Hall–Kier alpha value is -2.54. The molecule has 0 spiro atoms. The van der Waals surface area contributed by atoms with Crippen molar-refractivity contribution in [2.75, 3.05) is 18.7 Å². The van der Waals surface area contributed by atoms with Crippen LogP contribution < -0.4 is 5.06 Å². The van der Waals surface area contributed by atoms with Gasteiger partial charge in [0.25, 0.3) is 0 Å². The predicted molar refractivity (Wildman–Crippen MR) is 94.1 cm³/mol. The van der Waals surface area contributed by atoms with Crippen molar-refractivity contribution in [2.45, 2.75) is 31.2 Å². The molecule has 1 amide bonds. The van der Waals surface area contributed by atoms with Gasteiger partial charge < -0.3 is 4.90 Å². The molecule has 4 rings (SSSR count). The molecule has 0 N–H and O–H groups in total. The van der Waals surface area contributed by atoms with Gasteiger partial charge in [0.05, 0.1) is 11.7 Å². The Morgan fingerprint density at radius 3 is 2.56 bits per heavy atom. The summed E-state index contributed by atoms with van der Waals surface area (Å²) in [7, 11) is 1.16. The number of fused-ring (bicyclic) bond motifs is 5. The Kier molecular flexibility index (Phi) is 4.34. The average Bonchev–Trinajstić information content (AvgIpc) is 2.99. The lowest BCUT2D eigenvalue weighted by molar-refractivity contribution is -0.185. The molecule has 0 bridgehead atoms. The normalized spacial score (nSPS) is 21.1. The maximum atomic E-state index is 12.7. The van der Waals surface area contributed by atoms with E-state index in [0.29, 0.717) is 11.3 Å². The predicted octanol–water partition coefficient (Wildman–Crippen LogP) is 3.86. The van der Waals surface area contributed by atoms with Gasteiger partial charge in [0.15, 0.2) is 0 Å². The Labute approximate surface area is 155 Å². The summed E-state index contributed by atoms with van der Waals surface area (Å²) in [4.78, 5) is 18.2. The number of para-hydroxylation sites is 1. The topological polar surface area (TPSA) is 32.8 Å². The number of hydroxylamine groups is 1. The first-order chi connectivity index (χ1) is 12.8. The average molecular weight is 376 g/mol. The van der Waals surface area contributed by atoms with Gasteiger partial charge in [0, 0.05) is 20.0 Å². The molecular weight excluding hydrogens is 357 g/mol. The van der Waals surface area contributed by atoms with Crippen molar-refractivity contribution in [3.8, 4) is 0 Å². The molecule has 0 aromatic heterocycles. The van der Waals surface area contributed by atoms with Gasteiger partial charge in [-0.05, 0) is 29.2 Å². The number of anilines is 1. The maximum Gasteiger partial charge on any atom is 0.471 e. The number of hydrogen-bond donors (Lipinski definition) is 0. The first-order valence-electron chi connectivity index (χ1n) is 8.78. The third-order valence-electron chi connectivity index (χ3n) is 5.12. The Bertz CT molecular complexity index is 815. The smallest absolute Gasteiger partial charge is 0.335 e. The van der Waals surface area contributed by atoms with Crippen LogP contribution in [0.1, 0.15) is 29.2 Å². The monoisotopic (exact) mass is 376 g/mol. The van der Waals surface area contributed by atoms with E-state index in [4.69, 9.17) is 4.84 Å². The van der Waals surface area contributed by atoms with E-state index in [-0.39, 0.29) is 12.6 Å². The molecule has 2 aromatic rings. The molecule has 2 aliphatic heterocycles. The van der Waals surface area contributed by atoms with Crippen LogP contribution in [0.3, 0.4) is 0 Å². The van der Waals surface area contributed by atoms with Crippen molar-refractivity contribution >= 4 is 11.6 Å². The summed E-state index contributed by atoms with van der Waals surface area (Å²) >= 11 is 0. The first-order valence-corrected chi connectivity index (χ1v) is 8.78. The van der Waals surface area contributed by atoms with Gasteiger partial charge >= 0.3 is 12.1 Å². The third-order valence-corrected chi connectivity index (χ3v) is 5.12. The van der Waals surface area contributed by atoms with Gasteiger partial charge in [-0.3, -0.25) is 9.63 Å². The minimum atomic E-state index is -4.88. The molecule has 2 aromatic carbocycles. The first kappa shape index (κ1) is 17.9. The lowest BCUT2D eigenvalue weighted by Crippen LogP contribution is -2.42. The van der Waals surface area contributed by atoms with Gasteiger partial charge in [-0.15, -0.1) is 0 Å². The van der Waals surface area contributed by atoms with Crippen LogP contribution >= 0.6 is 0 Å². The van der Waals surface area contributed by atoms with E-state index >= 15 is 0 Å². The standard InChI is InChI=1S/C20H19F3N2O2/c1-24(19(26)20(21,22)23)12-15-11-18-16-8-4-2-6-13(16)10-14-7-3-5-9-17(14)25(18)27-15/h2-9,15,18H,10-12H2,1H3/t15-,18-/m0/s1. The van der Waals surface area contributed by atoms with E-state index in [2.05, 4.69) is 6.07 Å². The Balaban J connectivity index is 1.63. The van der Waals surface area contributed by atoms with Crippen LogP contribution in [-0.2, 0) is 16.1 Å². The molecule has 0 aliphatic carbocycles. The molecule has 142 valence electrons. The van der Waals surface area contributed by atoms with Crippen molar-refractivity contribution in [1.29, 1.82) is 0 Å². The van der Waals surface area contributed by atoms with Gasteiger partial charge in [-0.25, -0.2) is 5.06 Å². The molecule has 2 atom stereocenters. The number of nitrogens with zero attached hydrogens (tertiary/aromatic N) is 2. The van der Waals surface area contributed by atoms with Crippen LogP contribution in [0, 0.1) is 0 Å². The summed E-state index contributed by atoms with van der Waals surface area (Å²) in [6, 6.07) is 15.8. The maximum absolute atomic E-state index is 12.7. The second-order valence-electron chi connectivity index (χ2n) is 6.99. The minimum Gasteiger partial charge on any atom is -0.335 e. The van der Waals surface area contributed by atoms with E-state index in [9.17, 15) is 18.0 Å². The molecular formula is C20H19F3N2O2. The molecule has 0 unspecified atom stereocenters. The number of benzene rings is 2. The summed E-state index contributed by atoms with van der Waals surface area (Å²) < 4.78 is 38.0. The van der Waals surface area contributed by atoms with Crippen molar-refractivity contribution in [1.82, 2.24) is 4.90 Å². The summed E-state index contributed by atoms with van der Waals surface area (Å²) in [5.74, 6) is -1.85. The van der Waals surface area contributed by atoms with Crippen LogP contribution in [0.25, 0.3) is 0 Å². The molecule has 0 saturated carbocycles. The highest BCUT2D eigenvalue weighted by Gasteiger charge is 2.44. The van der Waals surface area contributed by atoms with Crippen LogP contribution in [-0.4, -0.2) is 36.7 Å². The number of carbonyl (C=O) groups excluding carboxylic acids is 1. The fourth-order valence-electron chi connectivity index (χ4n) is 3.91. The lowest BCUT2D eigenvalue weighted by Gasteiger charge is -2.26. The highest BCUT2D eigenvalue weighted by atomic mass is 19.4. The summed E-state index contributed by atoms with van der Waals surface area (Å²) in [5, 5.41) is 1.80. The lowest BCUT2D eigenvalue weighted by atomic mass is 9.95. The Morgan fingerprint density at radius 1 is 1.15 bits per heavy atom. The van der Waals surface area contributed by atoms with Crippen LogP contribution in [0.5, 0.6) is 0 Å². The number of likely N-dealkylation sites (N-methyl/N-ethyl adjacent to an activating group) is 1. The van der Waals surface area contributed by atoms with Gasteiger partial charge in [0.1, 0.15) is 6.10 Å². The molecule has 1 fully saturated rings. The number of hydrogen-bond acceptors (Lipinski definition) is 3.